The number of benzene rings is 2. The number of carbonyl (C=O) groups excluding carboxylic acids is 1. The van der Waals surface area contributed by atoms with Crippen molar-refractivity contribution in [2.24, 2.45) is 0 Å². The minimum Gasteiger partial charge on any atom is -0.486 e. The van der Waals surface area contributed by atoms with Gasteiger partial charge in [-0.05, 0) is 42.0 Å². The molecule has 1 amide bonds. The van der Waals surface area contributed by atoms with Gasteiger partial charge in [-0.15, -0.1) is 0 Å². The van der Waals surface area contributed by atoms with Crippen molar-refractivity contribution >= 4 is 27.5 Å². The topological polar surface area (TPSA) is 78.3 Å². The summed E-state index contributed by atoms with van der Waals surface area (Å²) in [4.78, 5) is 16.3. The van der Waals surface area contributed by atoms with Gasteiger partial charge in [-0.2, -0.15) is 5.10 Å². The lowest BCUT2D eigenvalue weighted by Crippen LogP contribution is -2.17. The van der Waals surface area contributed by atoms with E-state index in [0.717, 1.165) is 15.7 Å². The van der Waals surface area contributed by atoms with Crippen LogP contribution < -0.4 is 14.8 Å². The molecule has 1 N–H and O–H groups in total. The third-order valence-corrected chi connectivity index (χ3v) is 4.63. The van der Waals surface area contributed by atoms with Crippen molar-refractivity contribution < 1.29 is 14.3 Å². The van der Waals surface area contributed by atoms with E-state index in [4.69, 9.17) is 9.47 Å². The van der Waals surface area contributed by atoms with Gasteiger partial charge >= 0.3 is 0 Å². The van der Waals surface area contributed by atoms with E-state index in [2.05, 4.69) is 31.3 Å². The van der Waals surface area contributed by atoms with E-state index < -0.39 is 0 Å². The number of amides is 1. The zero-order chi connectivity index (χ0) is 17.9. The van der Waals surface area contributed by atoms with Crippen LogP contribution in [0, 0.1) is 0 Å². The number of hydrogen-bond acceptors (Lipinski definition) is 5. The molecule has 0 spiro atoms. The van der Waals surface area contributed by atoms with E-state index in [1.807, 2.05) is 36.4 Å². The number of fused-ring (bicyclic) bond motifs is 1. The molecule has 26 heavy (non-hydrogen) atoms. The standard InChI is InChI=1S/C18H15BrN4O3/c19-15-9-17-16(25-5-6-26-17)7-12(15)8-18(24)22-13-1-3-14(4-2-13)23-11-20-10-21-23/h1-4,7,9-11H,5-6,8H2,(H,22,24). The molecule has 2 aromatic carbocycles. The monoisotopic (exact) mass is 414 g/mol. The van der Waals surface area contributed by atoms with Gasteiger partial charge in [0.15, 0.2) is 11.5 Å². The predicted octanol–water partition coefficient (Wildman–Crippen LogP) is 2.98. The fourth-order valence-corrected chi connectivity index (χ4v) is 3.12. The van der Waals surface area contributed by atoms with Gasteiger partial charge in [-0.25, -0.2) is 9.67 Å². The summed E-state index contributed by atoms with van der Waals surface area (Å²) in [7, 11) is 0. The zero-order valence-corrected chi connectivity index (χ0v) is 15.3. The number of halogens is 1. The second kappa shape index (κ2) is 7.17. The van der Waals surface area contributed by atoms with Crippen molar-refractivity contribution in [3.63, 3.8) is 0 Å². The molecular formula is C18H15BrN4O3. The van der Waals surface area contributed by atoms with Gasteiger partial charge in [0.2, 0.25) is 5.91 Å². The molecule has 0 bridgehead atoms. The molecule has 0 saturated carbocycles. The molecule has 0 unspecified atom stereocenters. The molecule has 1 aromatic heterocycles. The van der Waals surface area contributed by atoms with Crippen LogP contribution in [0.2, 0.25) is 0 Å². The number of nitrogens with zero attached hydrogens (tertiary/aromatic N) is 3. The molecule has 1 aliphatic heterocycles. The highest BCUT2D eigenvalue weighted by atomic mass is 79.9. The van der Waals surface area contributed by atoms with Gasteiger partial charge in [0.25, 0.3) is 0 Å². The number of hydrogen-bond donors (Lipinski definition) is 1. The first kappa shape index (κ1) is 16.6. The summed E-state index contributed by atoms with van der Waals surface area (Å²) in [5, 5.41) is 6.96. The highest BCUT2D eigenvalue weighted by Gasteiger charge is 2.16. The summed E-state index contributed by atoms with van der Waals surface area (Å²) in [5.74, 6) is 1.24. The lowest BCUT2D eigenvalue weighted by molar-refractivity contribution is -0.115. The van der Waals surface area contributed by atoms with E-state index in [0.29, 0.717) is 30.4 Å². The molecule has 0 radical (unpaired) electrons. The molecule has 0 fully saturated rings. The SMILES string of the molecule is O=C(Cc1cc2c(cc1Br)OCCO2)Nc1ccc(-n2cncn2)cc1. The van der Waals surface area contributed by atoms with Gasteiger partial charge in [-0.3, -0.25) is 4.79 Å². The smallest absolute Gasteiger partial charge is 0.228 e. The van der Waals surface area contributed by atoms with Crippen molar-refractivity contribution in [3.05, 3.63) is 59.1 Å². The van der Waals surface area contributed by atoms with Crippen molar-refractivity contribution in [1.29, 1.82) is 0 Å². The van der Waals surface area contributed by atoms with Crippen LogP contribution >= 0.6 is 15.9 Å². The first-order chi connectivity index (χ1) is 12.7. The second-order valence-corrected chi connectivity index (χ2v) is 6.55. The Hall–Kier alpha value is -2.87. The molecule has 132 valence electrons. The molecule has 0 atom stereocenters. The molecule has 8 heteroatoms. The fourth-order valence-electron chi connectivity index (χ4n) is 2.66. The van der Waals surface area contributed by atoms with Gasteiger partial charge in [0, 0.05) is 10.2 Å². The normalized spacial score (nSPS) is 12.7. The first-order valence-corrected chi connectivity index (χ1v) is 8.81. The Labute approximate surface area is 158 Å². The Morgan fingerprint density at radius 1 is 1.15 bits per heavy atom. The molecule has 1 aliphatic rings. The number of nitrogens with one attached hydrogen (secondary N) is 1. The van der Waals surface area contributed by atoms with Crippen molar-refractivity contribution in [3.8, 4) is 17.2 Å². The lowest BCUT2D eigenvalue weighted by atomic mass is 10.1. The van der Waals surface area contributed by atoms with Crippen LogP contribution in [-0.2, 0) is 11.2 Å². The van der Waals surface area contributed by atoms with Crippen LogP contribution in [0.4, 0.5) is 5.69 Å². The second-order valence-electron chi connectivity index (χ2n) is 5.70. The van der Waals surface area contributed by atoms with E-state index >= 15 is 0 Å². The zero-order valence-electron chi connectivity index (χ0n) is 13.7. The van der Waals surface area contributed by atoms with Crippen LogP contribution in [-0.4, -0.2) is 33.9 Å². The third kappa shape index (κ3) is 3.55. The highest BCUT2D eigenvalue weighted by molar-refractivity contribution is 9.10. The minimum atomic E-state index is -0.115. The number of anilines is 1. The maximum Gasteiger partial charge on any atom is 0.228 e. The first-order valence-electron chi connectivity index (χ1n) is 8.02. The molecule has 2 heterocycles. The minimum absolute atomic E-state index is 0.115. The quantitative estimate of drug-likeness (QED) is 0.709. The lowest BCUT2D eigenvalue weighted by Gasteiger charge is -2.19. The van der Waals surface area contributed by atoms with Gasteiger partial charge in [0.1, 0.15) is 25.9 Å². The van der Waals surface area contributed by atoms with Gasteiger partial charge in [0.05, 0.1) is 12.1 Å². The van der Waals surface area contributed by atoms with Crippen molar-refractivity contribution in [1.82, 2.24) is 14.8 Å². The number of aromatic nitrogens is 3. The van der Waals surface area contributed by atoms with Crippen molar-refractivity contribution in [2.75, 3.05) is 18.5 Å². The Bertz CT molecular complexity index is 926. The fraction of sp³-hybridized carbons (Fsp3) is 0.167. The van der Waals surface area contributed by atoms with E-state index in [1.165, 1.54) is 6.33 Å². The molecule has 0 aliphatic carbocycles. The molecule has 4 rings (SSSR count). The van der Waals surface area contributed by atoms with E-state index in [9.17, 15) is 4.79 Å². The average molecular weight is 415 g/mol. The molecular weight excluding hydrogens is 400 g/mol. The third-order valence-electron chi connectivity index (χ3n) is 3.90. The van der Waals surface area contributed by atoms with Crippen molar-refractivity contribution in [2.45, 2.75) is 6.42 Å². The summed E-state index contributed by atoms with van der Waals surface area (Å²) in [5.41, 5.74) is 2.42. The summed E-state index contributed by atoms with van der Waals surface area (Å²) >= 11 is 3.49. The summed E-state index contributed by atoms with van der Waals surface area (Å²) in [6.07, 6.45) is 3.32. The van der Waals surface area contributed by atoms with Crippen LogP contribution in [0.1, 0.15) is 5.56 Å². The summed E-state index contributed by atoms with van der Waals surface area (Å²) in [6.45, 7) is 1.04. The van der Waals surface area contributed by atoms with Crippen LogP contribution in [0.3, 0.4) is 0 Å². The Balaban J connectivity index is 1.44. The van der Waals surface area contributed by atoms with Gasteiger partial charge in [-0.1, -0.05) is 15.9 Å². The molecule has 0 saturated heterocycles. The number of rotatable bonds is 4. The number of ether oxygens (including phenoxy) is 2. The van der Waals surface area contributed by atoms with Crippen LogP contribution in [0.5, 0.6) is 11.5 Å². The van der Waals surface area contributed by atoms with E-state index in [1.54, 1.807) is 11.0 Å². The van der Waals surface area contributed by atoms with Gasteiger partial charge < -0.3 is 14.8 Å². The van der Waals surface area contributed by atoms with E-state index in [-0.39, 0.29) is 12.3 Å². The van der Waals surface area contributed by atoms with Crippen LogP contribution in [0.25, 0.3) is 5.69 Å². The number of carbonyl (C=O) groups is 1. The van der Waals surface area contributed by atoms with Crippen LogP contribution in [0.15, 0.2) is 53.5 Å². The largest absolute Gasteiger partial charge is 0.486 e. The maximum absolute atomic E-state index is 12.4. The summed E-state index contributed by atoms with van der Waals surface area (Å²) in [6, 6.07) is 11.1. The Kier molecular flexibility index (Phi) is 4.57. The molecule has 7 nitrogen and oxygen atoms in total. The molecule has 3 aromatic rings. The summed E-state index contributed by atoms with van der Waals surface area (Å²) < 4.78 is 13.6. The Morgan fingerprint density at radius 3 is 2.58 bits per heavy atom. The predicted molar refractivity (Wildman–Crippen MR) is 98.8 cm³/mol. The Morgan fingerprint density at radius 2 is 1.88 bits per heavy atom. The maximum atomic E-state index is 12.4. The highest BCUT2D eigenvalue weighted by Crippen LogP contribution is 2.35. The average Bonchev–Trinajstić information content (AvgIpc) is 3.17.